The second-order valence-corrected chi connectivity index (χ2v) is 4.58. The van der Waals surface area contributed by atoms with Crippen LogP contribution in [0.25, 0.3) is 0 Å². The predicted octanol–water partition coefficient (Wildman–Crippen LogP) is 1.89. The summed E-state index contributed by atoms with van der Waals surface area (Å²) in [5, 5.41) is 0. The highest BCUT2D eigenvalue weighted by atomic mass is 19.4. The van der Waals surface area contributed by atoms with Gasteiger partial charge < -0.3 is 9.64 Å². The molecule has 0 spiro atoms. The molecule has 112 valence electrons. The Labute approximate surface area is 118 Å². The summed E-state index contributed by atoms with van der Waals surface area (Å²) in [6.07, 6.45) is -1.54. The number of rotatable bonds is 3. The topological polar surface area (TPSA) is 46.6 Å². The van der Waals surface area contributed by atoms with Crippen LogP contribution in [0.2, 0.25) is 0 Å². The summed E-state index contributed by atoms with van der Waals surface area (Å²) < 4.78 is 42.4. The second kappa shape index (κ2) is 5.64. The first kappa shape index (κ1) is 15.2. The van der Waals surface area contributed by atoms with Crippen LogP contribution in [0.1, 0.15) is 12.8 Å². The molecule has 21 heavy (non-hydrogen) atoms. The average molecular weight is 299 g/mol. The van der Waals surface area contributed by atoms with Crippen LogP contribution in [0, 0.1) is 0 Å². The van der Waals surface area contributed by atoms with Gasteiger partial charge in [0.2, 0.25) is 0 Å². The Balaban J connectivity index is 2.24. The number of ketones is 1. The van der Waals surface area contributed by atoms with Gasteiger partial charge in [-0.2, -0.15) is 13.2 Å². The van der Waals surface area contributed by atoms with Gasteiger partial charge in [-0.05, 0) is 30.7 Å². The lowest BCUT2D eigenvalue weighted by molar-refractivity contribution is -0.186. The molecule has 4 nitrogen and oxygen atoms in total. The van der Waals surface area contributed by atoms with Crippen molar-refractivity contribution in [3.63, 3.8) is 0 Å². The van der Waals surface area contributed by atoms with Crippen molar-refractivity contribution < 1.29 is 27.5 Å². The zero-order valence-corrected chi connectivity index (χ0v) is 11.2. The van der Waals surface area contributed by atoms with Gasteiger partial charge in [0.15, 0.2) is 11.5 Å². The number of carbonyl (C=O) groups is 2. The lowest BCUT2D eigenvalue weighted by Gasteiger charge is -2.24. The number of carbonyl (C=O) groups excluding carboxylic acids is 2. The molecule has 2 aliphatic rings. The Hall–Kier alpha value is -2.23. The van der Waals surface area contributed by atoms with Crippen LogP contribution in [-0.2, 0) is 14.3 Å². The Morgan fingerprint density at radius 1 is 1.33 bits per heavy atom. The van der Waals surface area contributed by atoms with E-state index in [-0.39, 0.29) is 18.5 Å². The number of nitrogens with zero attached hydrogens (tertiary/aromatic N) is 1. The average Bonchev–Trinajstić information content (AvgIpc) is 2.94. The Morgan fingerprint density at radius 3 is 2.57 bits per heavy atom. The highest BCUT2D eigenvalue weighted by Crippen LogP contribution is 2.27. The fraction of sp³-hybridized carbons (Fsp3) is 0.429. The summed E-state index contributed by atoms with van der Waals surface area (Å²) in [5.74, 6) is -2.18. The summed E-state index contributed by atoms with van der Waals surface area (Å²) in [6.45, 7) is -0.0748. The Kier molecular flexibility index (Phi) is 4.07. The van der Waals surface area contributed by atoms with Crippen LogP contribution in [0.3, 0.4) is 0 Å². The summed E-state index contributed by atoms with van der Waals surface area (Å²) in [6, 6.07) is -1.10. The number of allylic oxidation sites excluding steroid dienone is 2. The molecular formula is C14H12F3NO3. The molecule has 0 saturated carbocycles. The van der Waals surface area contributed by atoms with E-state index in [0.29, 0.717) is 17.1 Å². The molecule has 0 radical (unpaired) electrons. The fourth-order valence-electron chi connectivity index (χ4n) is 2.26. The van der Waals surface area contributed by atoms with Gasteiger partial charge in [-0.25, -0.2) is 0 Å². The first-order valence-electron chi connectivity index (χ1n) is 6.24. The fourth-order valence-corrected chi connectivity index (χ4v) is 2.26. The molecular weight excluding hydrogens is 287 g/mol. The number of hydrogen-bond donors (Lipinski definition) is 0. The molecule has 0 unspecified atom stereocenters. The summed E-state index contributed by atoms with van der Waals surface area (Å²) in [7, 11) is 1.42. The van der Waals surface area contributed by atoms with Crippen molar-refractivity contribution >= 4 is 11.7 Å². The van der Waals surface area contributed by atoms with Crippen LogP contribution in [0.5, 0.6) is 0 Å². The molecule has 1 aliphatic heterocycles. The van der Waals surface area contributed by atoms with Crippen molar-refractivity contribution in [2.45, 2.75) is 25.1 Å². The van der Waals surface area contributed by atoms with E-state index < -0.39 is 23.9 Å². The van der Waals surface area contributed by atoms with Crippen molar-refractivity contribution in [2.75, 3.05) is 13.7 Å². The lowest BCUT2D eigenvalue weighted by atomic mass is 10.0. The minimum absolute atomic E-state index is 0.0748. The molecule has 1 aliphatic carbocycles. The monoisotopic (exact) mass is 299 g/mol. The molecule has 7 heteroatoms. The number of methoxy groups -OCH3 is 1. The Morgan fingerprint density at radius 2 is 2.05 bits per heavy atom. The van der Waals surface area contributed by atoms with Crippen LogP contribution < -0.4 is 0 Å². The second-order valence-electron chi connectivity index (χ2n) is 4.58. The number of Topliss-reactive ketones (excluding diaryl/α,β-unsaturated/α-hetero) is 1. The number of hydrogen-bond acceptors (Lipinski definition) is 3. The van der Waals surface area contributed by atoms with E-state index in [0.717, 1.165) is 0 Å². The third-order valence-electron chi connectivity index (χ3n) is 3.27. The molecule has 1 heterocycles. The van der Waals surface area contributed by atoms with Gasteiger partial charge in [0.1, 0.15) is 0 Å². The number of alkyl halides is 3. The summed E-state index contributed by atoms with van der Waals surface area (Å²) >= 11 is 0. The van der Waals surface area contributed by atoms with E-state index in [4.69, 9.17) is 4.74 Å². The minimum Gasteiger partial charge on any atom is -0.489 e. The summed E-state index contributed by atoms with van der Waals surface area (Å²) in [5.41, 5.74) is 5.20. The normalized spacial score (nSPS) is 21.1. The van der Waals surface area contributed by atoms with Crippen molar-refractivity contribution in [2.24, 2.45) is 0 Å². The van der Waals surface area contributed by atoms with Gasteiger partial charge in [0.25, 0.3) is 0 Å². The third-order valence-corrected chi connectivity index (χ3v) is 3.27. The molecule has 0 aromatic heterocycles. The number of ether oxygens (including phenoxy) is 1. The molecule has 0 N–H and O–H groups in total. The molecule has 1 saturated heterocycles. The number of likely N-dealkylation sites (tertiary alicyclic amines) is 1. The van der Waals surface area contributed by atoms with Crippen LogP contribution >= 0.6 is 0 Å². The van der Waals surface area contributed by atoms with Gasteiger partial charge in [-0.1, -0.05) is 5.73 Å². The predicted molar refractivity (Wildman–Crippen MR) is 66.0 cm³/mol. The standard InChI is InChI=1S/C14H12F3NO3/c1-21-10-6-4-9(5-7-10)12(19)11-3-2-8-18(11)13(20)14(15,16)17/h4,6,11H,2-3,8H2,1H3/t11-/m0/s1. The molecule has 0 aromatic carbocycles. The smallest absolute Gasteiger partial charge is 0.471 e. The highest BCUT2D eigenvalue weighted by Gasteiger charge is 2.47. The van der Waals surface area contributed by atoms with Crippen molar-refractivity contribution in [3.05, 3.63) is 34.9 Å². The third kappa shape index (κ3) is 3.10. The van der Waals surface area contributed by atoms with Crippen LogP contribution in [-0.4, -0.2) is 42.5 Å². The zero-order chi connectivity index (χ0) is 15.6. The van der Waals surface area contributed by atoms with E-state index in [2.05, 4.69) is 11.5 Å². The number of amides is 1. The van der Waals surface area contributed by atoms with E-state index in [1.165, 1.54) is 19.3 Å². The largest absolute Gasteiger partial charge is 0.489 e. The quantitative estimate of drug-likeness (QED) is 0.748. The highest BCUT2D eigenvalue weighted by molar-refractivity contribution is 6.04. The molecule has 1 atom stereocenters. The van der Waals surface area contributed by atoms with E-state index in [1.807, 2.05) is 0 Å². The number of halogens is 3. The van der Waals surface area contributed by atoms with E-state index in [9.17, 15) is 22.8 Å². The van der Waals surface area contributed by atoms with Crippen LogP contribution in [0.15, 0.2) is 34.9 Å². The molecule has 0 aromatic rings. The first-order valence-corrected chi connectivity index (χ1v) is 6.24. The van der Waals surface area contributed by atoms with Gasteiger partial charge >= 0.3 is 12.1 Å². The van der Waals surface area contributed by atoms with Gasteiger partial charge in [-0.3, -0.25) is 9.59 Å². The maximum absolute atomic E-state index is 12.5. The SMILES string of the molecule is COC1=C=C=C(C(=O)[C@@H]2CCCN2C(=O)C(F)(F)F)C=C1. The van der Waals surface area contributed by atoms with Crippen molar-refractivity contribution in [3.8, 4) is 0 Å². The summed E-state index contributed by atoms with van der Waals surface area (Å²) in [4.78, 5) is 24.1. The van der Waals surface area contributed by atoms with Gasteiger partial charge in [-0.15, -0.1) is 0 Å². The first-order chi connectivity index (χ1) is 9.84. The van der Waals surface area contributed by atoms with Crippen LogP contribution in [0.4, 0.5) is 13.2 Å². The van der Waals surface area contributed by atoms with Crippen molar-refractivity contribution in [1.82, 2.24) is 4.90 Å². The molecule has 1 amide bonds. The lowest BCUT2D eigenvalue weighted by Crippen LogP contribution is -2.47. The molecule has 2 rings (SSSR count). The van der Waals surface area contributed by atoms with Gasteiger partial charge in [0, 0.05) is 6.54 Å². The van der Waals surface area contributed by atoms with E-state index in [1.54, 1.807) is 0 Å². The maximum atomic E-state index is 12.5. The zero-order valence-electron chi connectivity index (χ0n) is 11.2. The van der Waals surface area contributed by atoms with Crippen molar-refractivity contribution in [1.29, 1.82) is 0 Å². The van der Waals surface area contributed by atoms with Gasteiger partial charge in [0.05, 0.1) is 18.7 Å². The molecule has 1 fully saturated rings. The maximum Gasteiger partial charge on any atom is 0.471 e. The molecule has 0 bridgehead atoms. The van der Waals surface area contributed by atoms with E-state index >= 15 is 0 Å². The minimum atomic E-state index is -4.97. The Bertz CT molecular complexity index is 605.